The standard InChI is InChI=1S/C14H9FN2O2.C14H10FNO.C13H10FNO3.C7H6FNO2.C6H5FO/c15-9-2-1-3-10(6-9)19-11-4-5-13-12(7-11)14(8-18)17-16-13;15-11-2-1-3-12(9-11)17-13-4-5-14-10(8-13)6-7-16-14;1-9-7-12(5-6-13(9)15(16)17)18-11-4-2-3-10(14)8-11;1-5-4-6(8)2-3-7(5)9(10)11;7-5-2-1-3-6(8)4-5/h1-8H,(H,16,17);1-9,16H;2-8H,1H3;2-4H,1H3;1-4,8H. The highest BCUT2D eigenvalue weighted by Gasteiger charge is 2.12. The SMILES string of the molecule is Cc1cc(F)ccc1[N+](=O)[O-].Cc1cc(Oc2cccc(F)c2)ccc1[N+](=O)[O-].Fc1cccc(Oc2ccc3[nH]ccc3c2)c1.O=Cc1[nH]nc2ccc(Oc3cccc(F)c3)cc12.Oc1cccc(F)c1. The zero-order valence-electron chi connectivity index (χ0n) is 38.3. The predicted octanol–water partition coefficient (Wildman–Crippen LogP) is 14.8. The number of fused-ring (bicyclic) bond motifs is 2. The molecule has 2 heterocycles. The Morgan fingerprint density at radius 3 is 1.45 bits per heavy atom. The Hall–Kier alpha value is -9.91. The van der Waals surface area contributed by atoms with Crippen LogP contribution < -0.4 is 14.2 Å². The summed E-state index contributed by atoms with van der Waals surface area (Å²) in [5, 5.41) is 37.8. The molecule has 8 aromatic carbocycles. The van der Waals surface area contributed by atoms with Crippen LogP contribution in [0.4, 0.5) is 33.3 Å². The number of hydrogen-bond acceptors (Lipinski definition) is 10. The van der Waals surface area contributed by atoms with E-state index in [1.165, 1.54) is 79.7 Å². The van der Waals surface area contributed by atoms with Crippen molar-refractivity contribution in [3.05, 3.63) is 248 Å². The van der Waals surface area contributed by atoms with Crippen LogP contribution in [0.15, 0.2) is 182 Å². The van der Waals surface area contributed by atoms with E-state index >= 15 is 0 Å². The lowest BCUT2D eigenvalue weighted by atomic mass is 10.2. The van der Waals surface area contributed by atoms with Gasteiger partial charge in [-0.1, -0.05) is 24.3 Å². The van der Waals surface area contributed by atoms with Gasteiger partial charge in [0.05, 0.1) is 15.4 Å². The number of nitro groups is 2. The average Bonchev–Trinajstić information content (AvgIpc) is 3.99. The number of nitrogens with zero attached hydrogens (tertiary/aromatic N) is 3. The lowest BCUT2D eigenvalue weighted by Crippen LogP contribution is -1.92. The minimum atomic E-state index is -0.533. The van der Waals surface area contributed by atoms with Gasteiger partial charge in [-0.25, -0.2) is 22.0 Å². The number of halogens is 5. The fraction of sp³-hybridized carbons (Fsp3) is 0.0370. The van der Waals surface area contributed by atoms with Crippen molar-refractivity contribution in [2.75, 3.05) is 0 Å². The number of aryl methyl sites for hydroxylation is 2. The van der Waals surface area contributed by atoms with Crippen LogP contribution in [-0.4, -0.2) is 36.4 Å². The number of aromatic nitrogens is 3. The number of aldehydes is 1. The molecule has 0 radical (unpaired) electrons. The predicted molar refractivity (Wildman–Crippen MR) is 263 cm³/mol. The molecule has 0 aliphatic heterocycles. The molecule has 0 aliphatic carbocycles. The van der Waals surface area contributed by atoms with Crippen LogP contribution in [0.2, 0.25) is 0 Å². The number of H-pyrrole nitrogens is 2. The molecule has 0 aliphatic rings. The smallest absolute Gasteiger partial charge is 0.272 e. The van der Waals surface area contributed by atoms with E-state index < -0.39 is 27.3 Å². The number of nitro benzene ring substituents is 2. The Labute approximate surface area is 411 Å². The van der Waals surface area contributed by atoms with Crippen LogP contribution in [-0.2, 0) is 0 Å². The summed E-state index contributed by atoms with van der Waals surface area (Å²) in [4.78, 5) is 33.8. The Kier molecular flexibility index (Phi) is 18.0. The second kappa shape index (κ2) is 25.1. The molecule has 0 bridgehead atoms. The van der Waals surface area contributed by atoms with Crippen molar-refractivity contribution < 1.29 is 55.9 Å². The Balaban J connectivity index is 0.000000153. The number of phenols is 1. The Bertz CT molecular complexity index is 3500. The maximum atomic E-state index is 13.1. The summed E-state index contributed by atoms with van der Waals surface area (Å²) >= 11 is 0. The van der Waals surface area contributed by atoms with Crippen LogP contribution in [0, 0.1) is 63.2 Å². The quantitative estimate of drug-likeness (QED) is 0.0542. The van der Waals surface area contributed by atoms with Crippen LogP contribution in [0.3, 0.4) is 0 Å². The van der Waals surface area contributed by atoms with E-state index in [1.807, 2.05) is 30.5 Å². The molecule has 0 amide bonds. The summed E-state index contributed by atoms with van der Waals surface area (Å²) in [7, 11) is 0. The highest BCUT2D eigenvalue weighted by molar-refractivity contribution is 5.95. The average molecular weight is 998 g/mol. The third-order valence-corrected chi connectivity index (χ3v) is 9.82. The summed E-state index contributed by atoms with van der Waals surface area (Å²) in [5.41, 5.74) is 2.93. The minimum Gasteiger partial charge on any atom is -0.508 e. The maximum absolute atomic E-state index is 13.1. The molecular weight excluding hydrogens is 958 g/mol. The van der Waals surface area contributed by atoms with Crippen LogP contribution in [0.1, 0.15) is 21.6 Å². The third kappa shape index (κ3) is 15.8. The lowest BCUT2D eigenvalue weighted by Gasteiger charge is -2.06. The molecule has 370 valence electrons. The number of ether oxygens (including phenoxy) is 3. The van der Waals surface area contributed by atoms with E-state index in [0.717, 1.165) is 35.2 Å². The first kappa shape index (κ1) is 52.5. The van der Waals surface area contributed by atoms with Gasteiger partial charge in [0.1, 0.15) is 75.0 Å². The normalized spacial score (nSPS) is 10.2. The number of rotatable bonds is 9. The molecule has 10 rings (SSSR count). The number of aromatic amines is 2. The van der Waals surface area contributed by atoms with Gasteiger partial charge >= 0.3 is 0 Å². The number of aromatic hydroxyl groups is 1. The maximum Gasteiger partial charge on any atom is 0.272 e. The van der Waals surface area contributed by atoms with Crippen molar-refractivity contribution in [2.45, 2.75) is 13.8 Å². The first-order valence-electron chi connectivity index (χ1n) is 21.4. The number of benzene rings is 8. The van der Waals surface area contributed by atoms with Crippen molar-refractivity contribution in [2.24, 2.45) is 0 Å². The van der Waals surface area contributed by atoms with Crippen molar-refractivity contribution in [1.82, 2.24) is 15.2 Å². The molecule has 19 heteroatoms. The topological polar surface area (TPSA) is 196 Å². The third-order valence-electron chi connectivity index (χ3n) is 9.82. The molecule has 73 heavy (non-hydrogen) atoms. The van der Waals surface area contributed by atoms with Crippen molar-refractivity contribution in [3.63, 3.8) is 0 Å². The second-order valence-corrected chi connectivity index (χ2v) is 15.2. The summed E-state index contributed by atoms with van der Waals surface area (Å²) in [6.07, 6.45) is 2.57. The van der Waals surface area contributed by atoms with E-state index in [0.29, 0.717) is 68.5 Å². The largest absolute Gasteiger partial charge is 0.508 e. The zero-order valence-corrected chi connectivity index (χ0v) is 38.3. The molecule has 0 spiro atoms. The summed E-state index contributed by atoms with van der Waals surface area (Å²) in [6.45, 7) is 3.12. The Morgan fingerprint density at radius 2 is 0.973 bits per heavy atom. The van der Waals surface area contributed by atoms with Gasteiger partial charge in [0.15, 0.2) is 6.29 Å². The summed E-state index contributed by atoms with van der Waals surface area (Å²) in [6, 6.07) is 43.4. The van der Waals surface area contributed by atoms with Crippen LogP contribution >= 0.6 is 0 Å². The van der Waals surface area contributed by atoms with E-state index in [9.17, 15) is 47.0 Å². The number of hydrogen-bond donors (Lipinski definition) is 3. The fourth-order valence-corrected chi connectivity index (χ4v) is 6.45. The Morgan fingerprint density at radius 1 is 0.521 bits per heavy atom. The minimum absolute atomic E-state index is 0.0293. The molecule has 0 atom stereocenters. The lowest BCUT2D eigenvalue weighted by molar-refractivity contribution is -0.385. The zero-order chi connectivity index (χ0) is 52.4. The summed E-state index contributed by atoms with van der Waals surface area (Å²) in [5.74, 6) is 0.933. The monoisotopic (exact) mass is 997 g/mol. The molecule has 10 aromatic rings. The van der Waals surface area contributed by atoms with Crippen LogP contribution in [0.5, 0.6) is 40.2 Å². The molecule has 0 fully saturated rings. The van der Waals surface area contributed by atoms with E-state index in [2.05, 4.69) is 15.2 Å². The molecule has 0 saturated carbocycles. The number of carbonyl (C=O) groups excluding carboxylic acids is 1. The van der Waals surface area contributed by atoms with Gasteiger partial charge in [-0.15, -0.1) is 0 Å². The molecule has 0 saturated heterocycles. The first-order chi connectivity index (χ1) is 35.0. The van der Waals surface area contributed by atoms with Gasteiger partial charge in [-0.05, 0) is 129 Å². The van der Waals surface area contributed by atoms with Gasteiger partial charge in [-0.3, -0.25) is 30.1 Å². The fourth-order valence-electron chi connectivity index (χ4n) is 6.45. The first-order valence-corrected chi connectivity index (χ1v) is 21.4. The summed E-state index contributed by atoms with van der Waals surface area (Å²) < 4.78 is 79.9. The van der Waals surface area contributed by atoms with Crippen molar-refractivity contribution in [1.29, 1.82) is 0 Å². The second-order valence-electron chi connectivity index (χ2n) is 15.2. The van der Waals surface area contributed by atoms with Gasteiger partial charge in [0.2, 0.25) is 0 Å². The van der Waals surface area contributed by atoms with Crippen molar-refractivity contribution in [3.8, 4) is 40.2 Å². The molecule has 0 unspecified atom stereocenters. The van der Waals surface area contributed by atoms with E-state index in [1.54, 1.807) is 61.5 Å². The number of nitrogens with one attached hydrogen (secondary N) is 2. The number of phenolic OH excluding ortho intramolecular Hbond substituents is 1. The van der Waals surface area contributed by atoms with Crippen LogP contribution in [0.25, 0.3) is 21.8 Å². The molecular formula is C54H40F5N5O9. The van der Waals surface area contributed by atoms with Gasteiger partial charge in [0.25, 0.3) is 11.4 Å². The van der Waals surface area contributed by atoms with Crippen molar-refractivity contribution >= 4 is 39.5 Å². The van der Waals surface area contributed by atoms with E-state index in [4.69, 9.17) is 19.3 Å². The molecule has 2 aromatic heterocycles. The van der Waals surface area contributed by atoms with Gasteiger partial charge < -0.3 is 24.3 Å². The molecule has 3 N–H and O–H groups in total. The van der Waals surface area contributed by atoms with E-state index in [-0.39, 0.29) is 28.8 Å². The number of carbonyl (C=O) groups is 1. The molecule has 14 nitrogen and oxygen atoms in total. The highest BCUT2D eigenvalue weighted by Crippen LogP contribution is 2.29. The highest BCUT2D eigenvalue weighted by atomic mass is 19.1. The van der Waals surface area contributed by atoms with Gasteiger partial charge in [-0.2, -0.15) is 5.10 Å². The van der Waals surface area contributed by atoms with Gasteiger partial charge in [0, 0.05) is 70.0 Å².